The molecule has 0 saturated heterocycles. The van der Waals surface area contributed by atoms with Crippen molar-refractivity contribution in [3.63, 3.8) is 0 Å². The molecule has 47 heavy (non-hydrogen) atoms. The summed E-state index contributed by atoms with van der Waals surface area (Å²) in [6.07, 6.45) is 1.94. The Morgan fingerprint density at radius 1 is 0.532 bits per heavy atom. The van der Waals surface area contributed by atoms with E-state index in [1.165, 1.54) is 11.1 Å². The molecule has 4 nitrogen and oxygen atoms in total. The first-order valence-corrected chi connectivity index (χ1v) is 15.2. The third-order valence-corrected chi connectivity index (χ3v) is 8.49. The van der Waals surface area contributed by atoms with E-state index in [4.69, 9.17) is 14.4 Å². The second kappa shape index (κ2) is 12.0. The Labute approximate surface area is 286 Å². The molecule has 3 aromatic heterocycles. The molecular formula is C42H25N3OPt. The van der Waals surface area contributed by atoms with Crippen LogP contribution in [0.4, 0.5) is 0 Å². The molecule has 0 bridgehead atoms. The van der Waals surface area contributed by atoms with E-state index in [1.54, 1.807) is 0 Å². The molecule has 5 heteroatoms. The van der Waals surface area contributed by atoms with Crippen molar-refractivity contribution < 1.29 is 25.5 Å². The molecule has 0 atom stereocenters. The standard InChI is InChI=1S/C42H25N3O.Pt/c1-2-9-28(10-3-1)29-17-19-30(20-18-29)33-22-24-37(43-27-33)31-11-8-12-34(25-31)45-39-15-6-4-13-35(39)36-23-21-32(26-40(36)45)42-44-38-14-5-7-16-41(38)46-42;/h1-24,27H;/q-2;+2. The average molecular weight is 783 g/mol. The van der Waals surface area contributed by atoms with E-state index in [9.17, 15) is 0 Å². The van der Waals surface area contributed by atoms with Crippen molar-refractivity contribution in [3.8, 4) is 50.7 Å². The van der Waals surface area contributed by atoms with Crippen LogP contribution < -0.4 is 0 Å². The van der Waals surface area contributed by atoms with Gasteiger partial charge < -0.3 is 14.0 Å². The molecule has 0 aliphatic carbocycles. The van der Waals surface area contributed by atoms with Gasteiger partial charge in [-0.25, -0.2) is 0 Å². The Bertz CT molecular complexity index is 2480. The first-order valence-electron chi connectivity index (χ1n) is 15.2. The summed E-state index contributed by atoms with van der Waals surface area (Å²) < 4.78 is 8.31. The predicted octanol–water partition coefficient (Wildman–Crippen LogP) is 10.6. The first kappa shape index (κ1) is 28.9. The van der Waals surface area contributed by atoms with Gasteiger partial charge >= 0.3 is 21.1 Å². The molecule has 9 rings (SSSR count). The topological polar surface area (TPSA) is 43.9 Å². The minimum Gasteiger partial charge on any atom is -0.481 e. The van der Waals surface area contributed by atoms with Gasteiger partial charge in [-0.2, -0.15) is 0 Å². The van der Waals surface area contributed by atoms with Crippen LogP contribution in [0.5, 0.6) is 0 Å². The van der Waals surface area contributed by atoms with E-state index in [-0.39, 0.29) is 21.1 Å². The summed E-state index contributed by atoms with van der Waals surface area (Å²) in [6, 6.07) is 57.1. The van der Waals surface area contributed by atoms with E-state index in [2.05, 4.69) is 126 Å². The fraction of sp³-hybridized carbons (Fsp3) is 0. The molecule has 224 valence electrons. The maximum absolute atomic E-state index is 6.10. The summed E-state index contributed by atoms with van der Waals surface area (Å²) in [5.41, 5.74) is 11.7. The Morgan fingerprint density at radius 3 is 2.06 bits per heavy atom. The Balaban J connectivity index is 0.00000324. The summed E-state index contributed by atoms with van der Waals surface area (Å²) >= 11 is 0. The van der Waals surface area contributed by atoms with Crippen LogP contribution in [0.2, 0.25) is 0 Å². The Kier molecular flexibility index (Phi) is 7.36. The van der Waals surface area contributed by atoms with Gasteiger partial charge in [-0.1, -0.05) is 108 Å². The molecule has 0 N–H and O–H groups in total. The van der Waals surface area contributed by atoms with Crippen LogP contribution in [0.25, 0.3) is 83.6 Å². The van der Waals surface area contributed by atoms with Gasteiger partial charge in [-0.15, -0.1) is 48.0 Å². The van der Waals surface area contributed by atoms with E-state index in [1.807, 2.05) is 42.6 Å². The number of aromatic nitrogens is 3. The van der Waals surface area contributed by atoms with Gasteiger partial charge in [-0.05, 0) is 62.7 Å². The molecule has 0 unspecified atom stereocenters. The zero-order valence-corrected chi connectivity index (χ0v) is 27.3. The van der Waals surface area contributed by atoms with Gasteiger partial charge in [0.2, 0.25) is 0 Å². The van der Waals surface area contributed by atoms with Crippen molar-refractivity contribution >= 4 is 32.9 Å². The van der Waals surface area contributed by atoms with Gasteiger partial charge in [0, 0.05) is 11.7 Å². The van der Waals surface area contributed by atoms with E-state index >= 15 is 0 Å². The minimum atomic E-state index is 0. The number of hydrogen-bond acceptors (Lipinski definition) is 3. The van der Waals surface area contributed by atoms with Crippen molar-refractivity contribution in [2.45, 2.75) is 0 Å². The molecule has 0 spiro atoms. The van der Waals surface area contributed by atoms with Crippen LogP contribution in [0, 0.1) is 12.1 Å². The van der Waals surface area contributed by atoms with E-state index in [0.29, 0.717) is 5.89 Å². The number of pyridine rings is 1. The van der Waals surface area contributed by atoms with Crippen LogP contribution in [-0.2, 0) is 21.1 Å². The molecular weight excluding hydrogens is 758 g/mol. The first-order chi connectivity index (χ1) is 22.8. The SMILES string of the molecule is [Pt+2].[c-]1c(-c2ccc(-c3ccc(-c4ccccc4)cc3)cn2)cccc1-n1c2[c-]c(-c3nc4ccccc4o3)ccc2c2ccccc21. The third kappa shape index (κ3) is 5.17. The molecule has 0 fully saturated rings. The van der Waals surface area contributed by atoms with Crippen molar-refractivity contribution in [2.24, 2.45) is 0 Å². The monoisotopic (exact) mass is 782 g/mol. The average Bonchev–Trinajstić information content (AvgIpc) is 3.72. The van der Waals surface area contributed by atoms with Gasteiger partial charge in [0.05, 0.1) is 5.52 Å². The van der Waals surface area contributed by atoms with Gasteiger partial charge in [-0.3, -0.25) is 4.98 Å². The maximum Gasteiger partial charge on any atom is 2.00 e. The number of fused-ring (bicyclic) bond motifs is 4. The van der Waals surface area contributed by atoms with Crippen LogP contribution >= 0.6 is 0 Å². The largest absolute Gasteiger partial charge is 2.00 e. The van der Waals surface area contributed by atoms with Gasteiger partial charge in [0.25, 0.3) is 0 Å². The third-order valence-electron chi connectivity index (χ3n) is 8.49. The number of nitrogens with zero attached hydrogens (tertiary/aromatic N) is 3. The number of benzene rings is 6. The van der Waals surface area contributed by atoms with Gasteiger partial charge in [0.15, 0.2) is 0 Å². The molecule has 3 heterocycles. The summed E-state index contributed by atoms with van der Waals surface area (Å²) in [5.74, 6) is 0.552. The smallest absolute Gasteiger partial charge is 0.481 e. The number of oxazole rings is 1. The van der Waals surface area contributed by atoms with Crippen LogP contribution in [0.1, 0.15) is 0 Å². The number of hydrogen-bond donors (Lipinski definition) is 0. The molecule has 9 aromatic rings. The zero-order chi connectivity index (χ0) is 30.5. The van der Waals surface area contributed by atoms with E-state index in [0.717, 1.165) is 66.5 Å². The molecule has 0 radical (unpaired) electrons. The summed E-state index contributed by atoms with van der Waals surface area (Å²) in [6.45, 7) is 0. The van der Waals surface area contributed by atoms with Crippen LogP contribution in [-0.4, -0.2) is 14.5 Å². The predicted molar refractivity (Wildman–Crippen MR) is 186 cm³/mol. The van der Waals surface area contributed by atoms with Crippen LogP contribution in [0.15, 0.2) is 156 Å². The molecule has 0 amide bonds. The van der Waals surface area contributed by atoms with E-state index < -0.39 is 0 Å². The molecule has 0 aliphatic rings. The van der Waals surface area contributed by atoms with Crippen molar-refractivity contribution in [1.29, 1.82) is 0 Å². The second-order valence-corrected chi connectivity index (χ2v) is 11.3. The van der Waals surface area contributed by atoms with Crippen LogP contribution in [0.3, 0.4) is 0 Å². The number of rotatable bonds is 5. The minimum absolute atomic E-state index is 0. The fourth-order valence-electron chi connectivity index (χ4n) is 6.20. The summed E-state index contributed by atoms with van der Waals surface area (Å²) in [7, 11) is 0. The molecule has 0 saturated carbocycles. The van der Waals surface area contributed by atoms with Crippen molar-refractivity contribution in [3.05, 3.63) is 164 Å². The summed E-state index contributed by atoms with van der Waals surface area (Å²) in [4.78, 5) is 9.58. The quantitative estimate of drug-likeness (QED) is 0.163. The summed E-state index contributed by atoms with van der Waals surface area (Å²) in [5, 5.41) is 2.26. The normalized spacial score (nSPS) is 11.2. The Hall–Kier alpha value is -5.57. The molecule has 6 aromatic carbocycles. The second-order valence-electron chi connectivity index (χ2n) is 11.3. The van der Waals surface area contributed by atoms with Gasteiger partial charge in [0.1, 0.15) is 11.5 Å². The van der Waals surface area contributed by atoms with Crippen molar-refractivity contribution in [2.75, 3.05) is 0 Å². The fourth-order valence-corrected chi connectivity index (χ4v) is 6.20. The molecule has 0 aliphatic heterocycles. The number of para-hydroxylation sites is 3. The Morgan fingerprint density at radius 2 is 1.26 bits per heavy atom. The maximum atomic E-state index is 6.10. The van der Waals surface area contributed by atoms with Crippen molar-refractivity contribution in [1.82, 2.24) is 14.5 Å². The zero-order valence-electron chi connectivity index (χ0n) is 25.0.